The number of hydrogen-bond donors (Lipinski definition) is 1. The van der Waals surface area contributed by atoms with Crippen molar-refractivity contribution in [3.8, 4) is 34.3 Å². The van der Waals surface area contributed by atoms with Crippen LogP contribution in [-0.4, -0.2) is 50.2 Å². The summed E-state index contributed by atoms with van der Waals surface area (Å²) in [5.74, 6) is 1.58. The fourth-order valence-corrected chi connectivity index (χ4v) is 3.24. The van der Waals surface area contributed by atoms with Crippen LogP contribution in [0.2, 0.25) is 0 Å². The maximum Gasteiger partial charge on any atom is 0.266 e. The van der Waals surface area contributed by atoms with E-state index in [4.69, 9.17) is 18.9 Å². The largest absolute Gasteiger partial charge is 0.494 e. The van der Waals surface area contributed by atoms with Crippen LogP contribution in [0.3, 0.4) is 0 Å². The molecule has 1 N–H and O–H groups in total. The topological polar surface area (TPSA) is 101 Å². The van der Waals surface area contributed by atoms with Gasteiger partial charge in [-0.25, -0.2) is 4.68 Å². The van der Waals surface area contributed by atoms with E-state index in [1.807, 2.05) is 31.2 Å². The average Bonchev–Trinajstić information content (AvgIpc) is 2.84. The molecule has 0 aliphatic rings. The number of hydrogen-bond acceptors (Lipinski definition) is 7. The van der Waals surface area contributed by atoms with Gasteiger partial charge in [-0.2, -0.15) is 5.10 Å². The maximum absolute atomic E-state index is 12.6. The lowest BCUT2D eigenvalue weighted by Crippen LogP contribution is -2.32. The van der Waals surface area contributed by atoms with Gasteiger partial charge in [0.15, 0.2) is 11.5 Å². The third-order valence-electron chi connectivity index (χ3n) is 4.86. The number of amides is 1. The van der Waals surface area contributed by atoms with Crippen molar-refractivity contribution >= 4 is 5.91 Å². The number of aromatic nitrogens is 2. The van der Waals surface area contributed by atoms with Crippen molar-refractivity contribution in [3.05, 3.63) is 64.4 Å². The van der Waals surface area contributed by atoms with Gasteiger partial charge in [0.25, 0.3) is 11.5 Å². The van der Waals surface area contributed by atoms with E-state index in [1.165, 1.54) is 32.1 Å². The van der Waals surface area contributed by atoms with Crippen molar-refractivity contribution in [1.29, 1.82) is 0 Å². The molecule has 1 aromatic heterocycles. The van der Waals surface area contributed by atoms with Gasteiger partial charge in [-0.1, -0.05) is 0 Å². The zero-order valence-electron chi connectivity index (χ0n) is 19.1. The van der Waals surface area contributed by atoms with E-state index in [0.29, 0.717) is 35.1 Å². The molecule has 1 heterocycles. The first-order valence-corrected chi connectivity index (χ1v) is 10.4. The molecule has 0 saturated heterocycles. The van der Waals surface area contributed by atoms with Gasteiger partial charge < -0.3 is 24.3 Å². The van der Waals surface area contributed by atoms with Gasteiger partial charge in [-0.3, -0.25) is 9.59 Å². The third kappa shape index (κ3) is 5.62. The predicted octanol–water partition coefficient (Wildman–Crippen LogP) is 2.76. The Balaban J connectivity index is 1.70. The fourth-order valence-electron chi connectivity index (χ4n) is 3.24. The average molecular weight is 453 g/mol. The highest BCUT2D eigenvalue weighted by Gasteiger charge is 2.17. The number of rotatable bonds is 10. The van der Waals surface area contributed by atoms with E-state index in [-0.39, 0.29) is 24.6 Å². The number of carbonyl (C=O) groups is 1. The Morgan fingerprint density at radius 2 is 1.64 bits per heavy atom. The third-order valence-corrected chi connectivity index (χ3v) is 4.86. The second-order valence-corrected chi connectivity index (χ2v) is 6.91. The molecule has 0 fully saturated rings. The Morgan fingerprint density at radius 3 is 2.21 bits per heavy atom. The first-order valence-electron chi connectivity index (χ1n) is 10.4. The Kier molecular flexibility index (Phi) is 7.91. The number of nitrogens with zero attached hydrogens (tertiary/aromatic N) is 2. The number of nitrogens with one attached hydrogen (secondary N) is 1. The smallest absolute Gasteiger partial charge is 0.266 e. The molecule has 0 atom stereocenters. The van der Waals surface area contributed by atoms with Gasteiger partial charge in [0.2, 0.25) is 5.75 Å². The lowest BCUT2D eigenvalue weighted by atomic mass is 10.1. The molecule has 0 bridgehead atoms. The zero-order chi connectivity index (χ0) is 23.8. The van der Waals surface area contributed by atoms with Crippen molar-refractivity contribution < 1.29 is 23.7 Å². The molecule has 0 unspecified atom stereocenters. The number of benzene rings is 2. The summed E-state index contributed by atoms with van der Waals surface area (Å²) in [6, 6.07) is 13.7. The van der Waals surface area contributed by atoms with Gasteiger partial charge in [0.1, 0.15) is 5.75 Å². The Hall–Kier alpha value is -4.01. The summed E-state index contributed by atoms with van der Waals surface area (Å²) in [4.78, 5) is 24.9. The summed E-state index contributed by atoms with van der Waals surface area (Å²) in [5, 5.41) is 7.21. The van der Waals surface area contributed by atoms with E-state index in [9.17, 15) is 9.59 Å². The van der Waals surface area contributed by atoms with E-state index < -0.39 is 0 Å². The SMILES string of the molecule is CCOc1ccc(-c2ccc(=O)n(CCNC(=O)c3cc(OC)c(OC)c(OC)c3)n2)cc1. The van der Waals surface area contributed by atoms with Crippen LogP contribution in [0.5, 0.6) is 23.0 Å². The molecule has 2 aromatic carbocycles. The van der Waals surface area contributed by atoms with Gasteiger partial charge >= 0.3 is 0 Å². The number of carbonyl (C=O) groups excluding carboxylic acids is 1. The fraction of sp³-hybridized carbons (Fsp3) is 0.292. The molecule has 0 saturated carbocycles. The summed E-state index contributed by atoms with van der Waals surface area (Å²) in [6.45, 7) is 2.92. The Morgan fingerprint density at radius 1 is 0.970 bits per heavy atom. The van der Waals surface area contributed by atoms with Gasteiger partial charge in [0.05, 0.1) is 40.2 Å². The molecule has 0 aliphatic carbocycles. The molecule has 1 amide bonds. The highest BCUT2D eigenvalue weighted by Crippen LogP contribution is 2.38. The van der Waals surface area contributed by atoms with E-state index >= 15 is 0 Å². The molecule has 33 heavy (non-hydrogen) atoms. The summed E-state index contributed by atoms with van der Waals surface area (Å²) in [6.07, 6.45) is 0. The van der Waals surface area contributed by atoms with Crippen LogP contribution in [0.25, 0.3) is 11.3 Å². The van der Waals surface area contributed by atoms with Gasteiger partial charge in [-0.05, 0) is 49.4 Å². The first-order chi connectivity index (χ1) is 16.0. The Labute approximate surface area is 191 Å². The minimum atomic E-state index is -0.343. The first kappa shape index (κ1) is 23.6. The zero-order valence-corrected chi connectivity index (χ0v) is 19.1. The predicted molar refractivity (Wildman–Crippen MR) is 124 cm³/mol. The van der Waals surface area contributed by atoms with Crippen LogP contribution in [0.4, 0.5) is 0 Å². The molecule has 3 rings (SSSR count). The normalized spacial score (nSPS) is 10.4. The highest BCUT2D eigenvalue weighted by molar-refractivity contribution is 5.95. The van der Waals surface area contributed by atoms with Crippen LogP contribution in [0.15, 0.2) is 53.3 Å². The van der Waals surface area contributed by atoms with Crippen molar-refractivity contribution in [2.45, 2.75) is 13.5 Å². The second kappa shape index (κ2) is 11.0. The molecule has 9 nitrogen and oxygen atoms in total. The summed E-state index contributed by atoms with van der Waals surface area (Å²) < 4.78 is 22.6. The van der Waals surface area contributed by atoms with E-state index in [2.05, 4.69) is 10.4 Å². The highest BCUT2D eigenvalue weighted by atomic mass is 16.5. The van der Waals surface area contributed by atoms with Crippen LogP contribution >= 0.6 is 0 Å². The van der Waals surface area contributed by atoms with Crippen LogP contribution in [-0.2, 0) is 6.54 Å². The standard InChI is InChI=1S/C24H27N3O6/c1-5-33-18-8-6-16(7-9-18)19-10-11-22(28)27(26-19)13-12-25-24(29)17-14-20(30-2)23(32-4)21(15-17)31-3/h6-11,14-15H,5,12-13H2,1-4H3,(H,25,29). The monoisotopic (exact) mass is 453 g/mol. The summed E-state index contributed by atoms with van der Waals surface area (Å²) in [5.41, 5.74) is 1.59. The molecule has 9 heteroatoms. The van der Waals surface area contributed by atoms with Gasteiger partial charge in [0, 0.05) is 23.7 Å². The van der Waals surface area contributed by atoms with Crippen LogP contribution in [0, 0.1) is 0 Å². The molecule has 0 radical (unpaired) electrons. The molecule has 0 aliphatic heterocycles. The minimum absolute atomic E-state index is 0.204. The van der Waals surface area contributed by atoms with Crippen LogP contribution < -0.4 is 29.8 Å². The molecule has 0 spiro atoms. The number of methoxy groups -OCH3 is 3. The maximum atomic E-state index is 12.6. The minimum Gasteiger partial charge on any atom is -0.494 e. The molecule has 174 valence electrons. The molecular weight excluding hydrogens is 426 g/mol. The van der Waals surface area contributed by atoms with Crippen molar-refractivity contribution in [3.63, 3.8) is 0 Å². The van der Waals surface area contributed by atoms with E-state index in [0.717, 1.165) is 11.3 Å². The molecule has 3 aromatic rings. The Bertz CT molecular complexity index is 1130. The quantitative estimate of drug-likeness (QED) is 0.504. The summed E-state index contributed by atoms with van der Waals surface area (Å²) >= 11 is 0. The van der Waals surface area contributed by atoms with Crippen molar-refractivity contribution in [1.82, 2.24) is 15.1 Å². The lowest BCUT2D eigenvalue weighted by molar-refractivity contribution is 0.0951. The van der Waals surface area contributed by atoms with Crippen molar-refractivity contribution in [2.75, 3.05) is 34.5 Å². The molecular formula is C24H27N3O6. The van der Waals surface area contributed by atoms with Gasteiger partial charge in [-0.15, -0.1) is 0 Å². The van der Waals surface area contributed by atoms with Crippen molar-refractivity contribution in [2.24, 2.45) is 0 Å². The summed E-state index contributed by atoms with van der Waals surface area (Å²) in [7, 11) is 4.45. The van der Waals surface area contributed by atoms with Crippen LogP contribution in [0.1, 0.15) is 17.3 Å². The van der Waals surface area contributed by atoms with E-state index in [1.54, 1.807) is 18.2 Å². The lowest BCUT2D eigenvalue weighted by Gasteiger charge is -2.14. The number of ether oxygens (including phenoxy) is 4. The second-order valence-electron chi connectivity index (χ2n) is 6.91.